The van der Waals surface area contributed by atoms with Gasteiger partial charge in [-0.05, 0) is 22.0 Å². The highest BCUT2D eigenvalue weighted by molar-refractivity contribution is 9.10. The summed E-state index contributed by atoms with van der Waals surface area (Å²) < 4.78 is 75.6. The fraction of sp³-hybridized carbons (Fsp3) is 0.250. The number of benzene rings is 1. The number of nitrogen functional groups attached to an aromatic ring is 1. The number of alkyl halides is 6. The van der Waals surface area contributed by atoms with Gasteiger partial charge >= 0.3 is 12.5 Å². The van der Waals surface area contributed by atoms with Crippen molar-refractivity contribution in [2.45, 2.75) is 12.5 Å². The lowest BCUT2D eigenvalue weighted by molar-refractivity contribution is -0.274. The molecule has 0 bridgehead atoms. The van der Waals surface area contributed by atoms with Crippen LogP contribution in [0.4, 0.5) is 32.0 Å². The van der Waals surface area contributed by atoms with Crippen LogP contribution in [-0.4, -0.2) is 6.36 Å². The summed E-state index contributed by atoms with van der Waals surface area (Å²) in [6.45, 7) is 0. The van der Waals surface area contributed by atoms with Crippen molar-refractivity contribution in [3.63, 3.8) is 0 Å². The minimum atomic E-state index is -5.08. The summed E-state index contributed by atoms with van der Waals surface area (Å²) in [4.78, 5) is 0. The number of anilines is 1. The van der Waals surface area contributed by atoms with Crippen LogP contribution in [-0.2, 0) is 6.18 Å². The second kappa shape index (κ2) is 4.28. The zero-order valence-electron chi connectivity index (χ0n) is 7.79. The molecule has 2 nitrogen and oxygen atoms in total. The lowest BCUT2D eigenvalue weighted by Gasteiger charge is -2.15. The van der Waals surface area contributed by atoms with Gasteiger partial charge in [-0.25, -0.2) is 0 Å². The number of hydrogen-bond acceptors (Lipinski definition) is 2. The molecule has 9 heteroatoms. The van der Waals surface area contributed by atoms with E-state index < -0.39 is 34.0 Å². The van der Waals surface area contributed by atoms with Gasteiger partial charge in [0.2, 0.25) is 0 Å². The van der Waals surface area contributed by atoms with E-state index in [0.29, 0.717) is 6.07 Å². The number of rotatable bonds is 1. The van der Waals surface area contributed by atoms with Crippen LogP contribution >= 0.6 is 15.9 Å². The van der Waals surface area contributed by atoms with Crippen LogP contribution in [0.2, 0.25) is 0 Å². The molecule has 2 N–H and O–H groups in total. The van der Waals surface area contributed by atoms with E-state index in [1.165, 1.54) is 0 Å². The molecule has 1 aromatic rings. The quantitative estimate of drug-likeness (QED) is 0.627. The smallest absolute Gasteiger partial charge is 0.406 e. The third kappa shape index (κ3) is 3.69. The standard InChI is InChI=1S/C8H4BrF6NO/c9-6-4(7(10,11)12)1-3(2-5(6)16)17-8(13,14)15/h1-2H,16H2. The third-order valence-electron chi connectivity index (χ3n) is 1.61. The van der Waals surface area contributed by atoms with Crippen LogP contribution < -0.4 is 10.5 Å². The van der Waals surface area contributed by atoms with E-state index in [1.54, 1.807) is 0 Å². The van der Waals surface area contributed by atoms with Crippen molar-refractivity contribution in [2.75, 3.05) is 5.73 Å². The average molecular weight is 324 g/mol. The SMILES string of the molecule is Nc1cc(OC(F)(F)F)cc(C(F)(F)F)c1Br. The van der Waals surface area contributed by atoms with E-state index >= 15 is 0 Å². The number of ether oxygens (including phenoxy) is 1. The Bertz CT molecular complexity index is 427. The Morgan fingerprint density at radius 3 is 2.00 bits per heavy atom. The zero-order valence-corrected chi connectivity index (χ0v) is 9.37. The summed E-state index contributed by atoms with van der Waals surface area (Å²) >= 11 is 2.55. The van der Waals surface area contributed by atoms with Crippen LogP contribution in [0.1, 0.15) is 5.56 Å². The van der Waals surface area contributed by atoms with Crippen molar-refractivity contribution in [3.05, 3.63) is 22.2 Å². The van der Waals surface area contributed by atoms with Crippen LogP contribution in [0.15, 0.2) is 16.6 Å². The van der Waals surface area contributed by atoms with E-state index in [-0.39, 0.29) is 6.07 Å². The largest absolute Gasteiger partial charge is 0.573 e. The predicted octanol–water partition coefficient (Wildman–Crippen LogP) is 3.95. The monoisotopic (exact) mass is 323 g/mol. The van der Waals surface area contributed by atoms with Gasteiger partial charge in [0, 0.05) is 6.07 Å². The minimum Gasteiger partial charge on any atom is -0.406 e. The van der Waals surface area contributed by atoms with Crippen LogP contribution in [0.25, 0.3) is 0 Å². The molecule has 96 valence electrons. The first kappa shape index (κ1) is 13.9. The molecular weight excluding hydrogens is 320 g/mol. The van der Waals surface area contributed by atoms with Crippen molar-refractivity contribution in [2.24, 2.45) is 0 Å². The normalized spacial score (nSPS) is 12.6. The lowest BCUT2D eigenvalue weighted by Crippen LogP contribution is -2.18. The lowest BCUT2D eigenvalue weighted by atomic mass is 10.2. The fourth-order valence-corrected chi connectivity index (χ4v) is 1.47. The first-order valence-corrected chi connectivity index (χ1v) is 4.72. The van der Waals surface area contributed by atoms with E-state index in [2.05, 4.69) is 20.7 Å². The molecule has 0 saturated carbocycles. The first-order valence-electron chi connectivity index (χ1n) is 3.92. The van der Waals surface area contributed by atoms with Crippen molar-refractivity contribution in [1.29, 1.82) is 0 Å². The summed E-state index contributed by atoms with van der Waals surface area (Å²) in [6.07, 6.45) is -9.92. The third-order valence-corrected chi connectivity index (χ3v) is 2.50. The maximum atomic E-state index is 12.4. The molecule has 0 radical (unpaired) electrons. The summed E-state index contributed by atoms with van der Waals surface area (Å²) in [5.41, 5.74) is 3.31. The van der Waals surface area contributed by atoms with E-state index in [0.717, 1.165) is 0 Å². The Morgan fingerprint density at radius 1 is 1.06 bits per heavy atom. The minimum absolute atomic E-state index is 0.216. The van der Waals surface area contributed by atoms with Crippen LogP contribution in [0.5, 0.6) is 5.75 Å². The molecule has 0 spiro atoms. The topological polar surface area (TPSA) is 35.2 Å². The second-order valence-corrected chi connectivity index (χ2v) is 3.71. The summed E-state index contributed by atoms with van der Waals surface area (Å²) in [5.74, 6) is -1.02. The van der Waals surface area contributed by atoms with Gasteiger partial charge in [-0.1, -0.05) is 0 Å². The van der Waals surface area contributed by atoms with Gasteiger partial charge in [-0.3, -0.25) is 0 Å². The molecule has 0 heterocycles. The Hall–Kier alpha value is -1.12. The van der Waals surface area contributed by atoms with Crippen molar-refractivity contribution in [1.82, 2.24) is 0 Å². The highest BCUT2D eigenvalue weighted by atomic mass is 79.9. The van der Waals surface area contributed by atoms with Gasteiger partial charge < -0.3 is 10.5 Å². The summed E-state index contributed by atoms with van der Waals surface area (Å²) in [7, 11) is 0. The molecule has 1 aromatic carbocycles. The second-order valence-electron chi connectivity index (χ2n) is 2.92. The van der Waals surface area contributed by atoms with Crippen LogP contribution in [0.3, 0.4) is 0 Å². The molecule has 0 aliphatic heterocycles. The van der Waals surface area contributed by atoms with Crippen molar-refractivity contribution in [3.8, 4) is 5.75 Å². The predicted molar refractivity (Wildman–Crippen MR) is 50.2 cm³/mol. The average Bonchev–Trinajstić information content (AvgIpc) is 2.06. The molecular formula is C8H4BrF6NO. The zero-order chi connectivity index (χ0) is 13.4. The highest BCUT2D eigenvalue weighted by Crippen LogP contribution is 2.41. The molecule has 0 aliphatic rings. The summed E-state index contributed by atoms with van der Waals surface area (Å²) in [6, 6.07) is 0.862. The highest BCUT2D eigenvalue weighted by Gasteiger charge is 2.36. The molecule has 1 rings (SSSR count). The number of hydrogen-bond donors (Lipinski definition) is 1. The molecule has 0 aromatic heterocycles. The molecule has 0 unspecified atom stereocenters. The van der Waals surface area contributed by atoms with Gasteiger partial charge in [0.15, 0.2) is 0 Å². The van der Waals surface area contributed by atoms with E-state index in [4.69, 9.17) is 5.73 Å². The molecule has 0 fully saturated rings. The Kier molecular flexibility index (Phi) is 3.51. The number of nitrogens with two attached hydrogens (primary N) is 1. The van der Waals surface area contributed by atoms with Gasteiger partial charge in [0.1, 0.15) is 5.75 Å². The molecule has 0 saturated heterocycles. The maximum Gasteiger partial charge on any atom is 0.573 e. The molecule has 0 atom stereocenters. The number of halogens is 7. The van der Waals surface area contributed by atoms with E-state index in [9.17, 15) is 26.3 Å². The fourth-order valence-electron chi connectivity index (χ4n) is 1.02. The van der Waals surface area contributed by atoms with Gasteiger partial charge in [0.05, 0.1) is 15.7 Å². The van der Waals surface area contributed by atoms with Crippen molar-refractivity contribution < 1.29 is 31.1 Å². The van der Waals surface area contributed by atoms with Crippen molar-refractivity contribution >= 4 is 21.6 Å². The van der Waals surface area contributed by atoms with E-state index in [1.807, 2.05) is 0 Å². The van der Waals surface area contributed by atoms with Crippen LogP contribution in [0, 0.1) is 0 Å². The van der Waals surface area contributed by atoms with Gasteiger partial charge in [0.25, 0.3) is 0 Å². The molecule has 0 aliphatic carbocycles. The molecule has 0 amide bonds. The molecule has 17 heavy (non-hydrogen) atoms. The van der Waals surface area contributed by atoms with Gasteiger partial charge in [-0.15, -0.1) is 13.2 Å². The maximum absolute atomic E-state index is 12.4. The Labute approximate surface area is 99.5 Å². The van der Waals surface area contributed by atoms with Gasteiger partial charge in [-0.2, -0.15) is 13.2 Å². The Morgan fingerprint density at radius 2 is 1.59 bits per heavy atom. The summed E-state index contributed by atoms with van der Waals surface area (Å²) in [5, 5.41) is 0. The Balaban J connectivity index is 3.25. The first-order chi connectivity index (χ1) is 7.50.